The number of methoxy groups -OCH3 is 1. The van der Waals surface area contributed by atoms with Crippen molar-refractivity contribution in [3.8, 4) is 18.1 Å². The van der Waals surface area contributed by atoms with Crippen molar-refractivity contribution in [2.45, 2.75) is 19.3 Å². The number of hydrogen-bond donors (Lipinski definition) is 0. The van der Waals surface area contributed by atoms with Crippen molar-refractivity contribution in [1.29, 1.82) is 0 Å². The highest BCUT2D eigenvalue weighted by Crippen LogP contribution is 2.57. The first-order valence-corrected chi connectivity index (χ1v) is 7.58. The first-order chi connectivity index (χ1) is 11.0. The van der Waals surface area contributed by atoms with Crippen LogP contribution in [0.25, 0.3) is 0 Å². The molecule has 1 aliphatic carbocycles. The summed E-state index contributed by atoms with van der Waals surface area (Å²) in [5.74, 6) is 3.04. The van der Waals surface area contributed by atoms with Gasteiger partial charge in [0.2, 0.25) is 0 Å². The molecule has 0 aromatic heterocycles. The summed E-state index contributed by atoms with van der Waals surface area (Å²) in [4.78, 5) is 24.9. The van der Waals surface area contributed by atoms with E-state index in [1.54, 1.807) is 4.90 Å². The molecule has 1 aromatic rings. The van der Waals surface area contributed by atoms with Gasteiger partial charge in [0.25, 0.3) is 5.91 Å². The van der Waals surface area contributed by atoms with Gasteiger partial charge in [-0.2, -0.15) is 0 Å². The summed E-state index contributed by atoms with van der Waals surface area (Å²) < 4.78 is 5.03. The summed E-state index contributed by atoms with van der Waals surface area (Å²) in [6.07, 6.45) is 8.51. The fourth-order valence-corrected chi connectivity index (χ4v) is 3.51. The molecule has 3 rings (SSSR count). The summed E-state index contributed by atoms with van der Waals surface area (Å²) in [5.41, 5.74) is 0.351. The Labute approximate surface area is 134 Å². The molecule has 0 unspecified atom stereocenters. The third-order valence-corrected chi connectivity index (χ3v) is 4.91. The summed E-state index contributed by atoms with van der Waals surface area (Å²) in [5, 5.41) is 10.9. The molecule has 1 saturated carbocycles. The fourth-order valence-electron chi connectivity index (χ4n) is 3.51. The molecule has 1 heterocycles. The maximum atomic E-state index is 12.7. The van der Waals surface area contributed by atoms with Gasteiger partial charge >= 0.3 is 5.69 Å². The Balaban J connectivity index is 1.81. The molecular weight excluding hydrogens is 296 g/mol. The van der Waals surface area contributed by atoms with E-state index in [4.69, 9.17) is 11.2 Å². The zero-order chi connectivity index (χ0) is 16.6. The zero-order valence-electron chi connectivity index (χ0n) is 12.9. The predicted molar refractivity (Wildman–Crippen MR) is 84.2 cm³/mol. The second-order valence-corrected chi connectivity index (χ2v) is 6.26. The van der Waals surface area contributed by atoms with Gasteiger partial charge in [0.1, 0.15) is 0 Å². The average molecular weight is 314 g/mol. The predicted octanol–water partition coefficient (Wildman–Crippen LogP) is 2.48. The van der Waals surface area contributed by atoms with Gasteiger partial charge in [-0.05, 0) is 25.3 Å². The van der Waals surface area contributed by atoms with Gasteiger partial charge in [0.15, 0.2) is 5.75 Å². The van der Waals surface area contributed by atoms with Gasteiger partial charge < -0.3 is 9.64 Å². The zero-order valence-corrected chi connectivity index (χ0v) is 12.9. The Kier molecular flexibility index (Phi) is 3.72. The van der Waals surface area contributed by atoms with E-state index < -0.39 is 4.92 Å². The minimum Gasteiger partial charge on any atom is -0.490 e. The van der Waals surface area contributed by atoms with E-state index in [1.165, 1.54) is 25.3 Å². The Morgan fingerprint density at radius 1 is 1.57 bits per heavy atom. The van der Waals surface area contributed by atoms with Crippen molar-refractivity contribution >= 4 is 11.6 Å². The summed E-state index contributed by atoms with van der Waals surface area (Å²) >= 11 is 0. The molecule has 0 N–H and O–H groups in total. The lowest BCUT2D eigenvalue weighted by atomic mass is 9.92. The van der Waals surface area contributed by atoms with Crippen LogP contribution in [0.3, 0.4) is 0 Å². The van der Waals surface area contributed by atoms with E-state index in [1.807, 2.05) is 0 Å². The minimum absolute atomic E-state index is 0.0908. The van der Waals surface area contributed by atoms with Crippen LogP contribution in [0.5, 0.6) is 5.75 Å². The summed E-state index contributed by atoms with van der Waals surface area (Å²) in [6.45, 7) is 1.36. The monoisotopic (exact) mass is 314 g/mol. The number of benzene rings is 1. The first-order valence-electron chi connectivity index (χ1n) is 7.58. The van der Waals surface area contributed by atoms with Crippen LogP contribution in [0.4, 0.5) is 5.69 Å². The van der Waals surface area contributed by atoms with Crippen LogP contribution in [0, 0.1) is 33.8 Å². The molecule has 1 aliphatic heterocycles. The molecule has 6 nitrogen and oxygen atoms in total. The molecule has 1 spiro atoms. The van der Waals surface area contributed by atoms with E-state index in [0.717, 1.165) is 19.3 Å². The Morgan fingerprint density at radius 3 is 2.96 bits per heavy atom. The van der Waals surface area contributed by atoms with Crippen LogP contribution in [0.2, 0.25) is 0 Å². The minimum atomic E-state index is -0.523. The van der Waals surface area contributed by atoms with Crippen LogP contribution in [0.1, 0.15) is 29.6 Å². The topological polar surface area (TPSA) is 72.7 Å². The summed E-state index contributed by atoms with van der Waals surface area (Å²) in [7, 11) is 1.36. The normalized spacial score (nSPS) is 25.7. The molecule has 1 amide bonds. The maximum Gasteiger partial charge on any atom is 0.310 e. The smallest absolute Gasteiger partial charge is 0.310 e. The maximum absolute atomic E-state index is 12.7. The van der Waals surface area contributed by atoms with Crippen LogP contribution >= 0.6 is 0 Å². The number of carbonyl (C=O) groups is 1. The van der Waals surface area contributed by atoms with E-state index in [9.17, 15) is 14.9 Å². The van der Waals surface area contributed by atoms with Crippen molar-refractivity contribution in [2.75, 3.05) is 20.2 Å². The molecule has 2 aliphatic rings. The molecule has 0 bridgehead atoms. The Morgan fingerprint density at radius 2 is 2.35 bits per heavy atom. The largest absolute Gasteiger partial charge is 0.490 e. The van der Waals surface area contributed by atoms with Gasteiger partial charge in [0, 0.05) is 42.1 Å². The number of likely N-dealkylation sites (tertiary alicyclic amines) is 1. The number of rotatable bonds is 3. The van der Waals surface area contributed by atoms with E-state index in [2.05, 4.69) is 5.92 Å². The van der Waals surface area contributed by atoms with Crippen molar-refractivity contribution in [3.63, 3.8) is 0 Å². The van der Waals surface area contributed by atoms with Gasteiger partial charge in [-0.1, -0.05) is 0 Å². The average Bonchev–Trinajstić information content (AvgIpc) is 3.25. The van der Waals surface area contributed by atoms with Crippen molar-refractivity contribution < 1.29 is 14.5 Å². The number of amides is 1. The second kappa shape index (κ2) is 5.58. The summed E-state index contributed by atoms with van der Waals surface area (Å²) in [6, 6.07) is 4.23. The number of nitrogens with zero attached hydrogens (tertiary/aromatic N) is 2. The molecule has 6 heteroatoms. The van der Waals surface area contributed by atoms with E-state index >= 15 is 0 Å². The van der Waals surface area contributed by atoms with Crippen LogP contribution in [-0.2, 0) is 0 Å². The molecule has 2 fully saturated rings. The number of nitro benzene ring substituents is 1. The SMILES string of the molecule is C#C[C@@H]1C[C@@]12CCCN(C(=O)c1ccc([N+](=O)[O-])c(OC)c1)C2. The van der Waals surface area contributed by atoms with Crippen molar-refractivity contribution in [1.82, 2.24) is 4.90 Å². The molecule has 23 heavy (non-hydrogen) atoms. The third kappa shape index (κ3) is 2.63. The van der Waals surface area contributed by atoms with E-state index in [0.29, 0.717) is 18.7 Å². The number of piperidine rings is 1. The molecule has 0 radical (unpaired) electrons. The van der Waals surface area contributed by atoms with Gasteiger partial charge in [-0.3, -0.25) is 14.9 Å². The quantitative estimate of drug-likeness (QED) is 0.488. The van der Waals surface area contributed by atoms with Crippen molar-refractivity contribution in [3.05, 3.63) is 33.9 Å². The number of carbonyl (C=O) groups excluding carboxylic acids is 1. The lowest BCUT2D eigenvalue weighted by Crippen LogP contribution is -2.41. The Bertz CT molecular complexity index is 709. The molecule has 120 valence electrons. The van der Waals surface area contributed by atoms with Gasteiger partial charge in [0.05, 0.1) is 12.0 Å². The molecular formula is C17H18N2O4. The van der Waals surface area contributed by atoms with Crippen molar-refractivity contribution in [2.24, 2.45) is 11.3 Å². The Hall–Kier alpha value is -2.55. The fraction of sp³-hybridized carbons (Fsp3) is 0.471. The highest BCUT2D eigenvalue weighted by atomic mass is 16.6. The molecule has 1 aromatic carbocycles. The first kappa shape index (κ1) is 15.3. The lowest BCUT2D eigenvalue weighted by molar-refractivity contribution is -0.385. The lowest BCUT2D eigenvalue weighted by Gasteiger charge is -2.33. The highest BCUT2D eigenvalue weighted by molar-refractivity contribution is 5.95. The third-order valence-electron chi connectivity index (χ3n) is 4.91. The van der Waals surface area contributed by atoms with Crippen LogP contribution in [0.15, 0.2) is 18.2 Å². The second-order valence-electron chi connectivity index (χ2n) is 6.26. The number of hydrogen-bond acceptors (Lipinski definition) is 4. The van der Waals surface area contributed by atoms with Gasteiger partial charge in [-0.25, -0.2) is 0 Å². The van der Waals surface area contributed by atoms with Gasteiger partial charge in [-0.15, -0.1) is 12.3 Å². The van der Waals surface area contributed by atoms with Crippen LogP contribution < -0.4 is 4.74 Å². The number of nitro groups is 1. The standard InChI is InChI=1S/C17H18N2O4/c1-3-13-10-17(13)7-4-8-18(11-17)16(20)12-5-6-14(19(21)22)15(9-12)23-2/h1,5-6,9,13H,4,7-8,10-11H2,2H3/t13-,17-/m1/s1. The molecule has 2 atom stereocenters. The number of terminal acetylenes is 1. The molecule has 1 saturated heterocycles. The highest BCUT2D eigenvalue weighted by Gasteiger charge is 2.55. The number of ether oxygens (including phenoxy) is 1. The van der Waals surface area contributed by atoms with E-state index in [-0.39, 0.29) is 28.7 Å². The van der Waals surface area contributed by atoms with Crippen LogP contribution in [-0.4, -0.2) is 35.9 Å².